The van der Waals surface area contributed by atoms with Crippen LogP contribution in [0.1, 0.15) is 16.7 Å². The molecule has 0 bridgehead atoms. The second-order valence-electron chi connectivity index (χ2n) is 4.95. The molecular weight excluding hydrogens is 280 g/mol. The summed E-state index contributed by atoms with van der Waals surface area (Å²) in [6.07, 6.45) is 0.960. The van der Waals surface area contributed by atoms with Crippen LogP contribution < -0.4 is 5.73 Å². The minimum absolute atomic E-state index is 0.104. The van der Waals surface area contributed by atoms with Gasteiger partial charge >= 0.3 is 0 Å². The van der Waals surface area contributed by atoms with Gasteiger partial charge in [-0.25, -0.2) is 8.78 Å². The van der Waals surface area contributed by atoms with Gasteiger partial charge in [0, 0.05) is 6.04 Å². The van der Waals surface area contributed by atoms with Crippen LogP contribution >= 0.6 is 11.6 Å². The average Bonchev–Trinajstić information content (AvgIpc) is 2.38. The van der Waals surface area contributed by atoms with Crippen LogP contribution in [0.4, 0.5) is 8.78 Å². The molecule has 2 aromatic carbocycles. The van der Waals surface area contributed by atoms with E-state index < -0.39 is 5.82 Å². The Morgan fingerprint density at radius 3 is 2.50 bits per heavy atom. The third-order valence-electron chi connectivity index (χ3n) is 3.30. The van der Waals surface area contributed by atoms with Gasteiger partial charge in [-0.3, -0.25) is 0 Å². The topological polar surface area (TPSA) is 26.0 Å². The maximum atomic E-state index is 13.8. The Morgan fingerprint density at radius 1 is 1.10 bits per heavy atom. The molecule has 1 unspecified atom stereocenters. The fourth-order valence-corrected chi connectivity index (χ4v) is 2.43. The van der Waals surface area contributed by atoms with Gasteiger partial charge in [0.25, 0.3) is 0 Å². The molecule has 2 aromatic rings. The molecule has 0 heterocycles. The molecule has 0 amide bonds. The van der Waals surface area contributed by atoms with Crippen LogP contribution in [0.2, 0.25) is 5.02 Å². The van der Waals surface area contributed by atoms with Gasteiger partial charge in [-0.05, 0) is 54.7 Å². The first-order valence-corrected chi connectivity index (χ1v) is 6.78. The van der Waals surface area contributed by atoms with E-state index in [0.717, 1.165) is 11.1 Å². The highest BCUT2D eigenvalue weighted by Crippen LogP contribution is 2.20. The molecule has 0 aliphatic rings. The Morgan fingerprint density at radius 2 is 1.80 bits per heavy atom. The molecule has 0 spiro atoms. The Balaban J connectivity index is 2.09. The average molecular weight is 296 g/mol. The van der Waals surface area contributed by atoms with Crippen molar-refractivity contribution < 1.29 is 8.78 Å². The summed E-state index contributed by atoms with van der Waals surface area (Å²) < 4.78 is 26.8. The van der Waals surface area contributed by atoms with Crippen molar-refractivity contribution in [2.45, 2.75) is 25.8 Å². The van der Waals surface area contributed by atoms with Crippen molar-refractivity contribution in [3.05, 3.63) is 69.7 Å². The summed E-state index contributed by atoms with van der Waals surface area (Å²) >= 11 is 5.74. The van der Waals surface area contributed by atoms with Crippen molar-refractivity contribution in [2.75, 3.05) is 0 Å². The van der Waals surface area contributed by atoms with Crippen molar-refractivity contribution in [2.24, 2.45) is 5.73 Å². The number of aryl methyl sites for hydroxylation is 1. The van der Waals surface area contributed by atoms with E-state index in [-0.39, 0.29) is 16.9 Å². The highest BCUT2D eigenvalue weighted by atomic mass is 35.5. The molecule has 0 saturated heterocycles. The van der Waals surface area contributed by atoms with Crippen LogP contribution in [-0.2, 0) is 12.8 Å². The lowest BCUT2D eigenvalue weighted by Crippen LogP contribution is -2.26. The van der Waals surface area contributed by atoms with E-state index >= 15 is 0 Å². The molecule has 2 rings (SSSR count). The highest BCUT2D eigenvalue weighted by Gasteiger charge is 2.12. The van der Waals surface area contributed by atoms with E-state index in [4.69, 9.17) is 17.3 Å². The fraction of sp³-hybridized carbons (Fsp3) is 0.250. The summed E-state index contributed by atoms with van der Waals surface area (Å²) in [5, 5.41) is 0.104. The summed E-state index contributed by atoms with van der Waals surface area (Å²) in [5.74, 6) is -0.679. The van der Waals surface area contributed by atoms with E-state index in [2.05, 4.69) is 0 Å². The standard InChI is InChI=1S/C16H16ClF2N/c1-10-7-13(18)6-5-11(10)8-14(20)9-12-3-2-4-15(17)16(12)19/h2-7,14H,8-9,20H2,1H3. The molecular formula is C16H16ClF2N. The fourth-order valence-electron chi connectivity index (χ4n) is 2.23. The number of hydrogen-bond donors (Lipinski definition) is 1. The molecule has 0 saturated carbocycles. The summed E-state index contributed by atoms with van der Waals surface area (Å²) in [6, 6.07) is 9.26. The summed E-state index contributed by atoms with van der Waals surface area (Å²) in [4.78, 5) is 0. The lowest BCUT2D eigenvalue weighted by atomic mass is 9.97. The molecule has 2 N–H and O–H groups in total. The van der Waals surface area contributed by atoms with Gasteiger partial charge in [0.05, 0.1) is 5.02 Å². The summed E-state index contributed by atoms with van der Waals surface area (Å²) in [6.45, 7) is 1.84. The normalized spacial score (nSPS) is 12.4. The van der Waals surface area contributed by atoms with Crippen LogP contribution in [0.15, 0.2) is 36.4 Å². The smallest absolute Gasteiger partial charge is 0.145 e. The lowest BCUT2D eigenvalue weighted by Gasteiger charge is -2.14. The first-order chi connectivity index (χ1) is 9.47. The van der Waals surface area contributed by atoms with Gasteiger partial charge in [0.2, 0.25) is 0 Å². The number of nitrogens with two attached hydrogens (primary N) is 1. The van der Waals surface area contributed by atoms with Gasteiger partial charge in [0.1, 0.15) is 11.6 Å². The van der Waals surface area contributed by atoms with Crippen LogP contribution in [0.25, 0.3) is 0 Å². The number of halogens is 3. The zero-order chi connectivity index (χ0) is 14.7. The van der Waals surface area contributed by atoms with E-state index in [1.807, 2.05) is 6.92 Å². The van der Waals surface area contributed by atoms with Gasteiger partial charge in [0.15, 0.2) is 0 Å². The number of benzene rings is 2. The predicted octanol–water partition coefficient (Wildman–Crippen LogP) is 4.04. The Hall–Kier alpha value is -1.45. The highest BCUT2D eigenvalue weighted by molar-refractivity contribution is 6.30. The van der Waals surface area contributed by atoms with E-state index in [1.54, 1.807) is 18.2 Å². The third kappa shape index (κ3) is 3.56. The minimum Gasteiger partial charge on any atom is -0.327 e. The van der Waals surface area contributed by atoms with Crippen molar-refractivity contribution in [3.63, 3.8) is 0 Å². The second kappa shape index (κ2) is 6.33. The van der Waals surface area contributed by atoms with E-state index in [9.17, 15) is 8.78 Å². The third-order valence-corrected chi connectivity index (χ3v) is 3.59. The van der Waals surface area contributed by atoms with Crippen LogP contribution in [-0.4, -0.2) is 6.04 Å². The number of hydrogen-bond acceptors (Lipinski definition) is 1. The first kappa shape index (κ1) is 14.9. The Bertz CT molecular complexity index is 613. The lowest BCUT2D eigenvalue weighted by molar-refractivity contribution is 0.583. The summed E-state index contributed by atoms with van der Waals surface area (Å²) in [5.41, 5.74) is 8.39. The first-order valence-electron chi connectivity index (χ1n) is 6.41. The van der Waals surface area contributed by atoms with Gasteiger partial charge in [-0.2, -0.15) is 0 Å². The maximum absolute atomic E-state index is 13.8. The van der Waals surface area contributed by atoms with Crippen LogP contribution in [0, 0.1) is 18.6 Å². The monoisotopic (exact) mass is 295 g/mol. The van der Waals surface area contributed by atoms with Crippen LogP contribution in [0.5, 0.6) is 0 Å². The molecule has 0 aromatic heterocycles. The molecule has 0 fully saturated rings. The van der Waals surface area contributed by atoms with Gasteiger partial charge in [-0.1, -0.05) is 29.8 Å². The second-order valence-corrected chi connectivity index (χ2v) is 5.36. The van der Waals surface area contributed by atoms with E-state index in [0.29, 0.717) is 18.4 Å². The Labute approximate surface area is 122 Å². The molecule has 0 aliphatic heterocycles. The molecule has 4 heteroatoms. The van der Waals surface area contributed by atoms with Crippen molar-refractivity contribution in [1.82, 2.24) is 0 Å². The molecule has 1 atom stereocenters. The van der Waals surface area contributed by atoms with Gasteiger partial charge in [-0.15, -0.1) is 0 Å². The molecule has 20 heavy (non-hydrogen) atoms. The Kier molecular flexibility index (Phi) is 4.73. The van der Waals surface area contributed by atoms with E-state index in [1.165, 1.54) is 18.2 Å². The SMILES string of the molecule is Cc1cc(F)ccc1CC(N)Cc1cccc(Cl)c1F. The molecule has 106 valence electrons. The molecule has 1 nitrogen and oxygen atoms in total. The van der Waals surface area contributed by atoms with Crippen molar-refractivity contribution >= 4 is 11.6 Å². The van der Waals surface area contributed by atoms with Crippen LogP contribution in [0.3, 0.4) is 0 Å². The molecule has 0 aliphatic carbocycles. The zero-order valence-corrected chi connectivity index (χ0v) is 11.9. The summed E-state index contributed by atoms with van der Waals surface area (Å²) in [7, 11) is 0. The molecule has 0 radical (unpaired) electrons. The number of rotatable bonds is 4. The maximum Gasteiger partial charge on any atom is 0.145 e. The largest absolute Gasteiger partial charge is 0.327 e. The minimum atomic E-state index is -0.416. The van der Waals surface area contributed by atoms with Crippen molar-refractivity contribution in [3.8, 4) is 0 Å². The quantitative estimate of drug-likeness (QED) is 0.905. The zero-order valence-electron chi connectivity index (χ0n) is 11.2. The van der Waals surface area contributed by atoms with Gasteiger partial charge < -0.3 is 5.73 Å². The predicted molar refractivity (Wildman–Crippen MR) is 77.9 cm³/mol. The van der Waals surface area contributed by atoms with Crippen molar-refractivity contribution in [1.29, 1.82) is 0 Å².